The first kappa shape index (κ1) is 18.0. The minimum Gasteiger partial charge on any atom is -0.369 e. The maximum atomic E-state index is 12.8. The van der Waals surface area contributed by atoms with Crippen molar-refractivity contribution >= 4 is 21.6 Å². The number of anilines is 1. The van der Waals surface area contributed by atoms with E-state index in [1.54, 1.807) is 24.3 Å². The highest BCUT2D eigenvalue weighted by molar-refractivity contribution is 7.92. The van der Waals surface area contributed by atoms with Crippen LogP contribution < -0.4 is 10.5 Å². The second-order valence-corrected chi connectivity index (χ2v) is 7.18. The number of hydrogen-bond donors (Lipinski definition) is 2. The number of aryl methyl sites for hydroxylation is 2. The first-order valence-electron chi connectivity index (χ1n) is 7.88. The Morgan fingerprint density at radius 2 is 1.54 bits per heavy atom. The predicted octanol–water partition coefficient (Wildman–Crippen LogP) is 2.64. The molecule has 0 radical (unpaired) electrons. The molecule has 2 aromatic rings. The fourth-order valence-corrected chi connectivity index (χ4v) is 4.30. The van der Waals surface area contributed by atoms with Gasteiger partial charge >= 0.3 is 0 Å². The van der Waals surface area contributed by atoms with Crippen LogP contribution in [0.4, 0.5) is 5.69 Å². The van der Waals surface area contributed by atoms with Gasteiger partial charge in [-0.1, -0.05) is 44.2 Å². The van der Waals surface area contributed by atoms with Crippen molar-refractivity contribution in [2.75, 3.05) is 4.72 Å². The monoisotopic (exact) mass is 346 g/mol. The molecule has 0 saturated carbocycles. The average molecular weight is 346 g/mol. The molecule has 0 heterocycles. The van der Waals surface area contributed by atoms with E-state index in [9.17, 15) is 13.2 Å². The molecule has 128 valence electrons. The summed E-state index contributed by atoms with van der Waals surface area (Å²) >= 11 is 0. The smallest absolute Gasteiger partial charge is 0.262 e. The van der Waals surface area contributed by atoms with Crippen molar-refractivity contribution in [3.8, 4) is 0 Å². The zero-order valence-electron chi connectivity index (χ0n) is 13.9. The zero-order valence-corrected chi connectivity index (χ0v) is 14.7. The summed E-state index contributed by atoms with van der Waals surface area (Å²) in [6.07, 6.45) is 1.41. The molecule has 3 N–H and O–H groups in total. The standard InChI is InChI=1S/C18H22N2O3S/c1-3-14-6-5-7-15(4-2)18(14)24(22,23)20-16-10-8-13(9-11-16)12-17(19)21/h5-11,20H,3-4,12H2,1-2H3,(H2,19,21). The molecule has 0 spiro atoms. The summed E-state index contributed by atoms with van der Waals surface area (Å²) < 4.78 is 28.3. The molecular weight excluding hydrogens is 324 g/mol. The molecule has 0 aliphatic carbocycles. The van der Waals surface area contributed by atoms with Gasteiger partial charge in [-0.15, -0.1) is 0 Å². The third-order valence-corrected chi connectivity index (χ3v) is 5.36. The molecule has 24 heavy (non-hydrogen) atoms. The van der Waals surface area contributed by atoms with Crippen LogP contribution in [0.15, 0.2) is 47.4 Å². The summed E-state index contributed by atoms with van der Waals surface area (Å²) in [5, 5.41) is 0. The number of benzene rings is 2. The molecule has 0 fully saturated rings. The quantitative estimate of drug-likeness (QED) is 0.807. The topological polar surface area (TPSA) is 89.3 Å². The summed E-state index contributed by atoms with van der Waals surface area (Å²) in [6.45, 7) is 3.87. The van der Waals surface area contributed by atoms with Crippen LogP contribution in [0.3, 0.4) is 0 Å². The number of sulfonamides is 1. The summed E-state index contributed by atoms with van der Waals surface area (Å²) in [6, 6.07) is 12.2. The molecule has 0 unspecified atom stereocenters. The van der Waals surface area contributed by atoms with Crippen molar-refractivity contribution in [1.82, 2.24) is 0 Å². The van der Waals surface area contributed by atoms with Gasteiger partial charge in [0.15, 0.2) is 0 Å². The minimum atomic E-state index is -3.68. The maximum Gasteiger partial charge on any atom is 0.262 e. The molecule has 1 amide bonds. The lowest BCUT2D eigenvalue weighted by Crippen LogP contribution is -2.17. The van der Waals surface area contributed by atoms with Crippen molar-refractivity contribution in [2.24, 2.45) is 5.73 Å². The van der Waals surface area contributed by atoms with Crippen LogP contribution in [-0.2, 0) is 34.1 Å². The summed E-state index contributed by atoms with van der Waals surface area (Å²) in [5.41, 5.74) is 7.95. The first-order valence-corrected chi connectivity index (χ1v) is 9.36. The van der Waals surface area contributed by atoms with E-state index < -0.39 is 15.9 Å². The van der Waals surface area contributed by atoms with Gasteiger partial charge < -0.3 is 5.73 Å². The highest BCUT2D eigenvalue weighted by Crippen LogP contribution is 2.25. The van der Waals surface area contributed by atoms with Crippen LogP contribution in [-0.4, -0.2) is 14.3 Å². The number of carbonyl (C=O) groups excluding carboxylic acids is 1. The van der Waals surface area contributed by atoms with Crippen LogP contribution in [0.2, 0.25) is 0 Å². The van der Waals surface area contributed by atoms with Crippen molar-refractivity contribution in [2.45, 2.75) is 38.0 Å². The van der Waals surface area contributed by atoms with Crippen molar-refractivity contribution in [1.29, 1.82) is 0 Å². The van der Waals surface area contributed by atoms with E-state index in [1.165, 1.54) is 0 Å². The SMILES string of the molecule is CCc1cccc(CC)c1S(=O)(=O)Nc1ccc(CC(N)=O)cc1. The Labute approximate surface area is 142 Å². The number of nitrogens with two attached hydrogens (primary N) is 1. The molecule has 0 aromatic heterocycles. The van der Waals surface area contributed by atoms with E-state index in [-0.39, 0.29) is 6.42 Å². The van der Waals surface area contributed by atoms with E-state index in [0.717, 1.165) is 16.7 Å². The fraction of sp³-hybridized carbons (Fsp3) is 0.278. The van der Waals surface area contributed by atoms with Gasteiger partial charge in [0.05, 0.1) is 11.3 Å². The van der Waals surface area contributed by atoms with E-state index >= 15 is 0 Å². The number of carbonyl (C=O) groups is 1. The molecule has 0 saturated heterocycles. The first-order chi connectivity index (χ1) is 11.4. The second kappa shape index (κ2) is 7.49. The van der Waals surface area contributed by atoms with Gasteiger partial charge in [0.25, 0.3) is 10.0 Å². The number of amides is 1. The minimum absolute atomic E-state index is 0.131. The van der Waals surface area contributed by atoms with Gasteiger partial charge in [-0.05, 0) is 41.7 Å². The number of primary amides is 1. The number of nitrogens with one attached hydrogen (secondary N) is 1. The van der Waals surface area contributed by atoms with E-state index in [4.69, 9.17) is 5.73 Å². The largest absolute Gasteiger partial charge is 0.369 e. The second-order valence-electron chi connectivity index (χ2n) is 5.56. The van der Waals surface area contributed by atoms with Gasteiger partial charge in [0, 0.05) is 5.69 Å². The zero-order chi connectivity index (χ0) is 17.7. The Bertz CT molecular complexity index is 806. The van der Waals surface area contributed by atoms with Gasteiger partial charge in [-0.2, -0.15) is 0 Å². The van der Waals surface area contributed by atoms with Crippen LogP contribution in [0.1, 0.15) is 30.5 Å². The Balaban J connectivity index is 2.34. The fourth-order valence-electron chi connectivity index (χ4n) is 2.64. The highest BCUT2D eigenvalue weighted by atomic mass is 32.2. The van der Waals surface area contributed by atoms with Crippen LogP contribution >= 0.6 is 0 Å². The number of rotatable bonds is 7. The van der Waals surface area contributed by atoms with Crippen LogP contribution in [0.5, 0.6) is 0 Å². The van der Waals surface area contributed by atoms with Crippen LogP contribution in [0, 0.1) is 0 Å². The molecule has 2 aromatic carbocycles. The normalized spacial score (nSPS) is 11.2. The molecular formula is C18H22N2O3S. The van der Waals surface area contributed by atoms with Crippen molar-refractivity contribution in [3.05, 3.63) is 59.2 Å². The average Bonchev–Trinajstić information content (AvgIpc) is 2.55. The molecule has 6 heteroatoms. The third kappa shape index (κ3) is 4.14. The molecule has 0 aliphatic heterocycles. The summed E-state index contributed by atoms with van der Waals surface area (Å²) in [4.78, 5) is 11.3. The third-order valence-electron chi connectivity index (χ3n) is 3.79. The number of hydrogen-bond acceptors (Lipinski definition) is 3. The molecule has 0 bridgehead atoms. The van der Waals surface area contributed by atoms with Gasteiger partial charge in [-0.3, -0.25) is 9.52 Å². The molecule has 5 nitrogen and oxygen atoms in total. The molecule has 0 aliphatic rings. The Hall–Kier alpha value is -2.34. The lowest BCUT2D eigenvalue weighted by Gasteiger charge is -2.15. The van der Waals surface area contributed by atoms with Crippen molar-refractivity contribution in [3.63, 3.8) is 0 Å². The van der Waals surface area contributed by atoms with Gasteiger partial charge in [0.1, 0.15) is 0 Å². The maximum absolute atomic E-state index is 12.8. The lowest BCUT2D eigenvalue weighted by atomic mass is 10.1. The van der Waals surface area contributed by atoms with Crippen LogP contribution in [0.25, 0.3) is 0 Å². The Kier molecular flexibility index (Phi) is 5.62. The summed E-state index contributed by atoms with van der Waals surface area (Å²) in [7, 11) is -3.68. The van der Waals surface area contributed by atoms with Crippen molar-refractivity contribution < 1.29 is 13.2 Å². The highest BCUT2D eigenvalue weighted by Gasteiger charge is 2.21. The summed E-state index contributed by atoms with van der Waals surface area (Å²) in [5.74, 6) is -0.423. The van der Waals surface area contributed by atoms with E-state index in [1.807, 2.05) is 32.0 Å². The Morgan fingerprint density at radius 3 is 2.00 bits per heavy atom. The molecule has 0 atom stereocenters. The van der Waals surface area contributed by atoms with Gasteiger partial charge in [-0.25, -0.2) is 8.42 Å². The predicted molar refractivity (Wildman–Crippen MR) is 95.3 cm³/mol. The van der Waals surface area contributed by atoms with Gasteiger partial charge in [0.2, 0.25) is 5.91 Å². The van der Waals surface area contributed by atoms with E-state index in [0.29, 0.717) is 23.4 Å². The lowest BCUT2D eigenvalue weighted by molar-refractivity contribution is -0.117. The molecule has 2 rings (SSSR count). The van der Waals surface area contributed by atoms with E-state index in [2.05, 4.69) is 4.72 Å². The Morgan fingerprint density at radius 1 is 1.00 bits per heavy atom.